The van der Waals surface area contributed by atoms with Crippen molar-refractivity contribution in [2.24, 2.45) is 0 Å². The van der Waals surface area contributed by atoms with E-state index in [1.54, 1.807) is 18.6 Å². The molecule has 152 valence electrons. The van der Waals surface area contributed by atoms with Gasteiger partial charge in [0.1, 0.15) is 17.8 Å². The summed E-state index contributed by atoms with van der Waals surface area (Å²) in [6.07, 6.45) is 6.55. The molecule has 0 bridgehead atoms. The number of nitrogens with one attached hydrogen (secondary N) is 1. The van der Waals surface area contributed by atoms with Crippen molar-refractivity contribution in [3.63, 3.8) is 0 Å². The number of carbonyl (C=O) groups excluding carboxylic acids is 1. The van der Waals surface area contributed by atoms with E-state index in [2.05, 4.69) is 25.2 Å². The first-order valence-electron chi connectivity index (χ1n) is 9.86. The third-order valence-electron chi connectivity index (χ3n) is 5.00. The molecule has 8 heteroatoms. The van der Waals surface area contributed by atoms with Gasteiger partial charge < -0.3 is 9.88 Å². The second-order valence-electron chi connectivity index (χ2n) is 8.38. The van der Waals surface area contributed by atoms with Gasteiger partial charge in [-0.05, 0) is 39.7 Å². The van der Waals surface area contributed by atoms with Crippen molar-refractivity contribution in [3.05, 3.63) is 53.2 Å². The highest BCUT2D eigenvalue weighted by atomic mass is 35.5. The van der Waals surface area contributed by atoms with Gasteiger partial charge >= 0.3 is 0 Å². The van der Waals surface area contributed by atoms with Gasteiger partial charge in [0.25, 0.3) is 5.91 Å². The number of rotatable bonds is 6. The van der Waals surface area contributed by atoms with Crippen molar-refractivity contribution in [1.82, 2.24) is 29.9 Å². The Kier molecular flexibility index (Phi) is 5.17. The average Bonchev–Trinajstić information content (AvgIpc) is 3.23. The number of halogens is 1. The highest BCUT2D eigenvalue weighted by Gasteiger charge is 2.26. The summed E-state index contributed by atoms with van der Waals surface area (Å²) in [5, 5.41) is 16.4. The summed E-state index contributed by atoms with van der Waals surface area (Å²) in [5.74, 6) is 0.734. The molecule has 1 aliphatic carbocycles. The van der Waals surface area contributed by atoms with Crippen LogP contribution in [0.5, 0.6) is 0 Å². The minimum atomic E-state index is -0.255. The molecule has 1 fully saturated rings. The predicted molar refractivity (Wildman–Crippen MR) is 112 cm³/mol. The van der Waals surface area contributed by atoms with E-state index in [1.165, 1.54) is 12.8 Å². The van der Waals surface area contributed by atoms with Crippen LogP contribution in [0.2, 0.25) is 5.02 Å². The topological polar surface area (TPSA) is 77.6 Å². The maximum Gasteiger partial charge on any atom is 0.255 e. The van der Waals surface area contributed by atoms with E-state index in [-0.39, 0.29) is 11.4 Å². The maximum atomic E-state index is 13.0. The lowest BCUT2D eigenvalue weighted by Crippen LogP contribution is -2.27. The van der Waals surface area contributed by atoms with Gasteiger partial charge in [-0.15, -0.1) is 10.2 Å². The fraction of sp³-hybridized carbons (Fsp3) is 0.429. The summed E-state index contributed by atoms with van der Waals surface area (Å²) < 4.78 is 3.92. The number of hydrogen-bond donors (Lipinski definition) is 1. The molecule has 0 spiro atoms. The molecule has 3 aromatic rings. The van der Waals surface area contributed by atoms with Crippen LogP contribution in [-0.4, -0.2) is 37.0 Å². The van der Waals surface area contributed by atoms with Gasteiger partial charge in [-0.1, -0.05) is 29.8 Å². The van der Waals surface area contributed by atoms with Crippen LogP contribution in [0.4, 0.5) is 0 Å². The Morgan fingerprint density at radius 3 is 2.72 bits per heavy atom. The Morgan fingerprint density at radius 1 is 1.28 bits per heavy atom. The Balaban J connectivity index is 1.54. The van der Waals surface area contributed by atoms with Crippen LogP contribution in [0.1, 0.15) is 55.8 Å². The number of hydrogen-bond acceptors (Lipinski definition) is 4. The highest BCUT2D eigenvalue weighted by Crippen LogP contribution is 2.35. The van der Waals surface area contributed by atoms with Gasteiger partial charge in [0.05, 0.1) is 16.1 Å². The van der Waals surface area contributed by atoms with Crippen molar-refractivity contribution in [2.45, 2.75) is 51.6 Å². The first-order chi connectivity index (χ1) is 13.8. The Bertz CT molecular complexity index is 1030. The summed E-state index contributed by atoms with van der Waals surface area (Å²) in [5.41, 5.74) is 1.59. The molecule has 2 heterocycles. The molecule has 1 amide bonds. The number of carbonyl (C=O) groups is 1. The minimum absolute atomic E-state index is 0.173. The number of aromatic nitrogens is 5. The third kappa shape index (κ3) is 4.19. The Morgan fingerprint density at radius 2 is 2.03 bits per heavy atom. The molecule has 29 heavy (non-hydrogen) atoms. The fourth-order valence-corrected chi connectivity index (χ4v) is 3.45. The zero-order chi connectivity index (χ0) is 20.6. The Labute approximate surface area is 175 Å². The maximum absolute atomic E-state index is 13.0. The van der Waals surface area contributed by atoms with Crippen LogP contribution in [0, 0.1) is 0 Å². The van der Waals surface area contributed by atoms with Crippen molar-refractivity contribution < 1.29 is 4.79 Å². The highest BCUT2D eigenvalue weighted by molar-refractivity contribution is 6.33. The van der Waals surface area contributed by atoms with Crippen molar-refractivity contribution in [1.29, 1.82) is 0 Å². The molecule has 0 saturated heterocycles. The predicted octanol–water partition coefficient (Wildman–Crippen LogP) is 3.86. The molecular weight excluding hydrogens is 388 g/mol. The summed E-state index contributed by atoms with van der Waals surface area (Å²) in [4.78, 5) is 13.0. The van der Waals surface area contributed by atoms with Crippen LogP contribution < -0.4 is 5.32 Å². The van der Waals surface area contributed by atoms with E-state index in [0.717, 1.165) is 11.4 Å². The smallest absolute Gasteiger partial charge is 0.255 e. The van der Waals surface area contributed by atoms with Gasteiger partial charge in [-0.25, -0.2) is 0 Å². The van der Waals surface area contributed by atoms with Crippen molar-refractivity contribution >= 4 is 17.5 Å². The van der Waals surface area contributed by atoms with Gasteiger partial charge in [0.2, 0.25) is 0 Å². The van der Waals surface area contributed by atoms with Gasteiger partial charge in [0, 0.05) is 30.8 Å². The second-order valence-corrected chi connectivity index (χ2v) is 8.79. The molecule has 0 aliphatic heterocycles. The zero-order valence-electron chi connectivity index (χ0n) is 16.9. The van der Waals surface area contributed by atoms with E-state index in [9.17, 15) is 4.79 Å². The summed E-state index contributed by atoms with van der Waals surface area (Å²) in [6.45, 7) is 6.61. The summed E-state index contributed by atoms with van der Waals surface area (Å²) in [6, 6.07) is 7.96. The lowest BCUT2D eigenvalue weighted by Gasteiger charge is -2.18. The SMILES string of the molecule is CC(C)(C)n1cc(C(=O)NCCc2nncn2C2CC2)c(-c2ccccc2Cl)n1. The monoisotopic (exact) mass is 412 g/mol. The van der Waals surface area contributed by atoms with Crippen LogP contribution >= 0.6 is 11.6 Å². The zero-order valence-corrected chi connectivity index (χ0v) is 17.6. The standard InChI is InChI=1S/C21H25ClN6O/c1-21(2,3)28-12-16(19(26-28)15-6-4-5-7-17(15)22)20(29)23-11-10-18-25-24-13-27(18)14-8-9-14/h4-7,12-14H,8-11H2,1-3H3,(H,23,29). The fourth-order valence-electron chi connectivity index (χ4n) is 3.22. The molecular formula is C21H25ClN6O. The van der Waals surface area contributed by atoms with Crippen LogP contribution in [0.3, 0.4) is 0 Å². The molecule has 0 unspecified atom stereocenters. The van der Waals surface area contributed by atoms with E-state index in [0.29, 0.717) is 35.3 Å². The molecule has 1 aromatic carbocycles. The first-order valence-corrected chi connectivity index (χ1v) is 10.2. The van der Waals surface area contributed by atoms with E-state index in [1.807, 2.05) is 43.7 Å². The molecule has 4 rings (SSSR count). The van der Waals surface area contributed by atoms with E-state index >= 15 is 0 Å². The van der Waals surface area contributed by atoms with Crippen molar-refractivity contribution in [2.75, 3.05) is 6.54 Å². The van der Waals surface area contributed by atoms with Crippen LogP contribution in [0.25, 0.3) is 11.3 Å². The van der Waals surface area contributed by atoms with E-state index in [4.69, 9.17) is 11.6 Å². The molecule has 0 atom stereocenters. The molecule has 7 nitrogen and oxygen atoms in total. The largest absolute Gasteiger partial charge is 0.351 e. The second kappa shape index (κ2) is 7.63. The quantitative estimate of drug-likeness (QED) is 0.666. The number of nitrogens with zero attached hydrogens (tertiary/aromatic N) is 5. The number of amides is 1. The lowest BCUT2D eigenvalue weighted by atomic mass is 10.1. The summed E-state index contributed by atoms with van der Waals surface area (Å²) >= 11 is 6.38. The summed E-state index contributed by atoms with van der Waals surface area (Å²) in [7, 11) is 0. The van der Waals surface area contributed by atoms with E-state index < -0.39 is 0 Å². The molecule has 2 aromatic heterocycles. The third-order valence-corrected chi connectivity index (χ3v) is 5.33. The van der Waals surface area contributed by atoms with Crippen molar-refractivity contribution in [3.8, 4) is 11.3 Å². The van der Waals surface area contributed by atoms with Crippen LogP contribution in [-0.2, 0) is 12.0 Å². The Hall–Kier alpha value is -2.67. The molecule has 0 radical (unpaired) electrons. The minimum Gasteiger partial charge on any atom is -0.351 e. The number of benzene rings is 1. The van der Waals surface area contributed by atoms with Gasteiger partial charge in [-0.2, -0.15) is 5.10 Å². The molecule has 1 N–H and O–H groups in total. The average molecular weight is 413 g/mol. The lowest BCUT2D eigenvalue weighted by molar-refractivity contribution is 0.0954. The van der Waals surface area contributed by atoms with Gasteiger partial charge in [-0.3, -0.25) is 9.48 Å². The molecule has 1 aliphatic rings. The normalized spacial score (nSPS) is 14.2. The van der Waals surface area contributed by atoms with Gasteiger partial charge in [0.15, 0.2) is 0 Å². The van der Waals surface area contributed by atoms with Crippen LogP contribution in [0.15, 0.2) is 36.8 Å². The molecule has 1 saturated carbocycles. The first kappa shape index (κ1) is 19.6.